The van der Waals surface area contributed by atoms with Crippen LogP contribution in [-0.4, -0.2) is 38.6 Å². The summed E-state index contributed by atoms with van der Waals surface area (Å²) in [6.45, 7) is 7.40. The van der Waals surface area contributed by atoms with Crippen LogP contribution >= 0.6 is 0 Å². The standard InChI is InChI=1S/C9H18N2O3Si/c1-4-12-15(13-5-2,14-6-3)9-10-7-8-11-9/h7-8H,4-6H2,1-3H3,(H,10,11). The van der Waals surface area contributed by atoms with Crippen molar-refractivity contribution in [1.82, 2.24) is 9.97 Å². The molecular formula is C9H18N2O3Si. The van der Waals surface area contributed by atoms with Gasteiger partial charge < -0.3 is 18.3 Å². The average molecular weight is 230 g/mol. The number of nitrogens with zero attached hydrogens (tertiary/aromatic N) is 1. The summed E-state index contributed by atoms with van der Waals surface area (Å²) in [6, 6.07) is 0. The van der Waals surface area contributed by atoms with Crippen LogP contribution in [0.25, 0.3) is 0 Å². The molecule has 5 nitrogen and oxygen atoms in total. The lowest BCUT2D eigenvalue weighted by molar-refractivity contribution is 0.0842. The molecule has 0 saturated heterocycles. The Balaban J connectivity index is 2.90. The van der Waals surface area contributed by atoms with E-state index >= 15 is 0 Å². The molecule has 1 aromatic rings. The predicted octanol–water partition coefficient (Wildman–Crippen LogP) is 0.665. The third-order valence-electron chi connectivity index (χ3n) is 1.79. The third kappa shape index (κ3) is 2.88. The quantitative estimate of drug-likeness (QED) is 0.699. The molecule has 0 fully saturated rings. The van der Waals surface area contributed by atoms with E-state index in [-0.39, 0.29) is 0 Å². The molecule has 6 heteroatoms. The van der Waals surface area contributed by atoms with Crippen molar-refractivity contribution >= 4 is 14.3 Å². The van der Waals surface area contributed by atoms with Crippen molar-refractivity contribution < 1.29 is 13.3 Å². The number of imidazole rings is 1. The summed E-state index contributed by atoms with van der Waals surface area (Å²) in [7, 11) is -2.79. The van der Waals surface area contributed by atoms with Gasteiger partial charge in [0.25, 0.3) is 0 Å². The van der Waals surface area contributed by atoms with Crippen molar-refractivity contribution in [3.8, 4) is 0 Å². The number of hydrogen-bond acceptors (Lipinski definition) is 4. The largest absolute Gasteiger partial charge is 0.574 e. The van der Waals surface area contributed by atoms with Crippen LogP contribution in [0.15, 0.2) is 12.4 Å². The molecule has 0 aliphatic heterocycles. The van der Waals surface area contributed by atoms with Gasteiger partial charge in [-0.05, 0) is 20.8 Å². The van der Waals surface area contributed by atoms with Crippen LogP contribution in [0.2, 0.25) is 0 Å². The van der Waals surface area contributed by atoms with Crippen LogP contribution in [0.1, 0.15) is 20.8 Å². The van der Waals surface area contributed by atoms with Gasteiger partial charge in [0.15, 0.2) is 5.45 Å². The molecule has 1 aromatic heterocycles. The molecule has 0 unspecified atom stereocenters. The first-order valence-corrected chi connectivity index (χ1v) is 6.93. The Bertz CT molecular complexity index is 249. The monoisotopic (exact) mass is 230 g/mol. The summed E-state index contributed by atoms with van der Waals surface area (Å²) in [4.78, 5) is 7.18. The summed E-state index contributed by atoms with van der Waals surface area (Å²) in [6.07, 6.45) is 3.42. The van der Waals surface area contributed by atoms with Crippen LogP contribution in [0.5, 0.6) is 0 Å². The zero-order chi connectivity index (χ0) is 11.1. The Morgan fingerprint density at radius 3 is 2.00 bits per heavy atom. The van der Waals surface area contributed by atoms with E-state index in [4.69, 9.17) is 13.3 Å². The normalized spacial score (nSPS) is 11.9. The molecule has 1 heterocycles. The van der Waals surface area contributed by atoms with Gasteiger partial charge in [-0.15, -0.1) is 0 Å². The number of nitrogens with one attached hydrogen (secondary N) is 1. The fourth-order valence-electron chi connectivity index (χ4n) is 1.33. The lowest BCUT2D eigenvalue weighted by atomic mass is 10.9. The van der Waals surface area contributed by atoms with Crippen LogP contribution in [0, 0.1) is 0 Å². The van der Waals surface area contributed by atoms with Crippen LogP contribution < -0.4 is 5.45 Å². The molecule has 0 saturated carbocycles. The summed E-state index contributed by atoms with van der Waals surface area (Å²) in [5.74, 6) is 0. The molecule has 0 aliphatic rings. The Morgan fingerprint density at radius 1 is 1.13 bits per heavy atom. The molecule has 0 aliphatic carbocycles. The fourth-order valence-corrected chi connectivity index (χ4v) is 3.63. The van der Waals surface area contributed by atoms with Crippen molar-refractivity contribution in [1.29, 1.82) is 0 Å². The van der Waals surface area contributed by atoms with Crippen LogP contribution in [-0.2, 0) is 13.3 Å². The molecule has 0 spiro atoms. The Hall–Kier alpha value is -0.693. The first-order chi connectivity index (χ1) is 7.29. The minimum atomic E-state index is -2.79. The van der Waals surface area contributed by atoms with E-state index in [1.54, 1.807) is 12.4 Å². The highest BCUT2D eigenvalue weighted by atomic mass is 28.4. The summed E-state index contributed by atoms with van der Waals surface area (Å²) in [5, 5.41) is 0. The van der Waals surface area contributed by atoms with Crippen molar-refractivity contribution in [2.75, 3.05) is 19.8 Å². The van der Waals surface area contributed by atoms with Crippen molar-refractivity contribution in [2.24, 2.45) is 0 Å². The second-order valence-corrected chi connectivity index (χ2v) is 5.25. The maximum atomic E-state index is 5.66. The second-order valence-electron chi connectivity index (χ2n) is 2.79. The summed E-state index contributed by atoms with van der Waals surface area (Å²) >= 11 is 0. The number of H-pyrrole nitrogens is 1. The van der Waals surface area contributed by atoms with E-state index in [9.17, 15) is 0 Å². The number of aromatic nitrogens is 2. The minimum absolute atomic E-state index is 0.549. The van der Waals surface area contributed by atoms with Gasteiger partial charge in [0.1, 0.15) is 0 Å². The maximum absolute atomic E-state index is 5.66. The third-order valence-corrected chi connectivity index (χ3v) is 4.65. The summed E-state index contributed by atoms with van der Waals surface area (Å²) in [5.41, 5.74) is 0.674. The molecule has 0 aromatic carbocycles. The highest BCUT2D eigenvalue weighted by molar-refractivity contribution is 6.73. The molecule has 15 heavy (non-hydrogen) atoms. The molecule has 0 atom stereocenters. The lowest BCUT2D eigenvalue weighted by Gasteiger charge is -2.25. The van der Waals surface area contributed by atoms with Crippen molar-refractivity contribution in [2.45, 2.75) is 20.8 Å². The second kappa shape index (κ2) is 6.01. The van der Waals surface area contributed by atoms with Gasteiger partial charge >= 0.3 is 8.80 Å². The number of rotatable bonds is 7. The van der Waals surface area contributed by atoms with Gasteiger partial charge in [-0.3, -0.25) is 0 Å². The molecule has 1 rings (SSSR count). The van der Waals surface area contributed by atoms with E-state index in [1.807, 2.05) is 20.8 Å². The molecule has 0 radical (unpaired) electrons. The van der Waals surface area contributed by atoms with Gasteiger partial charge in [-0.2, -0.15) is 0 Å². The Labute approximate surface area is 91.1 Å². The fraction of sp³-hybridized carbons (Fsp3) is 0.667. The topological polar surface area (TPSA) is 56.4 Å². The SMILES string of the molecule is CCO[Si](OCC)(OCC)c1ncc[nH]1. The summed E-state index contributed by atoms with van der Waals surface area (Å²) < 4.78 is 17.0. The van der Waals surface area contributed by atoms with Crippen LogP contribution in [0.3, 0.4) is 0 Å². The van der Waals surface area contributed by atoms with Gasteiger partial charge in [0.05, 0.1) is 0 Å². The average Bonchev–Trinajstić information content (AvgIpc) is 2.72. The molecule has 1 N–H and O–H groups in total. The molecule has 86 valence electrons. The molecule has 0 amide bonds. The van der Waals surface area contributed by atoms with Gasteiger partial charge in [-0.1, -0.05) is 0 Å². The first-order valence-electron chi connectivity index (χ1n) is 5.20. The Morgan fingerprint density at radius 2 is 1.67 bits per heavy atom. The molecular weight excluding hydrogens is 212 g/mol. The van der Waals surface area contributed by atoms with Gasteiger partial charge in [0, 0.05) is 32.2 Å². The van der Waals surface area contributed by atoms with E-state index in [0.717, 1.165) is 0 Å². The predicted molar refractivity (Wildman–Crippen MR) is 58.9 cm³/mol. The van der Waals surface area contributed by atoms with Crippen molar-refractivity contribution in [3.63, 3.8) is 0 Å². The highest BCUT2D eigenvalue weighted by Crippen LogP contribution is 2.08. The number of aromatic amines is 1. The van der Waals surface area contributed by atoms with E-state index in [2.05, 4.69) is 9.97 Å². The smallest absolute Gasteiger partial charge is 0.369 e. The van der Waals surface area contributed by atoms with E-state index in [0.29, 0.717) is 25.3 Å². The highest BCUT2D eigenvalue weighted by Gasteiger charge is 2.46. The zero-order valence-corrected chi connectivity index (χ0v) is 10.4. The molecule has 0 bridgehead atoms. The van der Waals surface area contributed by atoms with E-state index < -0.39 is 8.80 Å². The van der Waals surface area contributed by atoms with E-state index in [1.165, 1.54) is 0 Å². The minimum Gasteiger partial charge on any atom is -0.369 e. The van der Waals surface area contributed by atoms with Gasteiger partial charge in [-0.25, -0.2) is 4.98 Å². The first kappa shape index (κ1) is 12.4. The zero-order valence-electron chi connectivity index (χ0n) is 9.45. The maximum Gasteiger partial charge on any atom is 0.574 e. The van der Waals surface area contributed by atoms with Crippen LogP contribution in [0.4, 0.5) is 0 Å². The lowest BCUT2D eigenvalue weighted by Crippen LogP contribution is -2.58. The van der Waals surface area contributed by atoms with Crippen molar-refractivity contribution in [3.05, 3.63) is 12.4 Å². The van der Waals surface area contributed by atoms with Gasteiger partial charge in [0.2, 0.25) is 0 Å². The Kier molecular flexibility index (Phi) is 4.96. The number of hydrogen-bond donors (Lipinski definition) is 1.